The van der Waals surface area contributed by atoms with Crippen LogP contribution in [-0.2, 0) is 12.8 Å². The summed E-state index contributed by atoms with van der Waals surface area (Å²) in [6.45, 7) is 6.55. The Balaban J connectivity index is 1.41. The van der Waals surface area contributed by atoms with Crippen LogP contribution in [0.3, 0.4) is 0 Å². The second kappa shape index (κ2) is 9.13. The Hall–Kier alpha value is -3.12. The van der Waals surface area contributed by atoms with E-state index in [0.29, 0.717) is 5.92 Å². The molecule has 30 heavy (non-hydrogen) atoms. The molecule has 0 aromatic heterocycles. The summed E-state index contributed by atoms with van der Waals surface area (Å²) >= 11 is 0. The van der Waals surface area contributed by atoms with Crippen molar-refractivity contribution in [3.05, 3.63) is 130 Å². The summed E-state index contributed by atoms with van der Waals surface area (Å²) in [7, 11) is 0. The molecular formula is C30H30. The first-order valence-electron chi connectivity index (χ1n) is 10.9. The minimum absolute atomic E-state index is 0.406. The van der Waals surface area contributed by atoms with Gasteiger partial charge in [0, 0.05) is 5.92 Å². The summed E-state index contributed by atoms with van der Waals surface area (Å²) in [4.78, 5) is 0. The molecule has 4 rings (SSSR count). The van der Waals surface area contributed by atoms with E-state index in [0.717, 1.165) is 12.8 Å². The number of rotatable bonds is 6. The normalized spacial score (nSPS) is 12.0. The average Bonchev–Trinajstić information content (AvgIpc) is 2.79. The predicted octanol–water partition coefficient (Wildman–Crippen LogP) is 7.91. The van der Waals surface area contributed by atoms with Crippen LogP contribution in [0, 0.1) is 13.8 Å². The van der Waals surface area contributed by atoms with Crippen LogP contribution in [0.15, 0.2) is 97.1 Å². The molecule has 0 aliphatic carbocycles. The smallest absolute Gasteiger partial charge is 0.00610 e. The summed E-state index contributed by atoms with van der Waals surface area (Å²) < 4.78 is 0. The van der Waals surface area contributed by atoms with Crippen molar-refractivity contribution in [1.82, 2.24) is 0 Å². The molecule has 0 radical (unpaired) electrons. The van der Waals surface area contributed by atoms with Crippen molar-refractivity contribution in [1.29, 1.82) is 0 Å². The van der Waals surface area contributed by atoms with E-state index in [4.69, 9.17) is 0 Å². The Morgan fingerprint density at radius 1 is 0.467 bits per heavy atom. The first-order valence-corrected chi connectivity index (χ1v) is 10.9. The van der Waals surface area contributed by atoms with Gasteiger partial charge in [0.25, 0.3) is 0 Å². The largest absolute Gasteiger partial charge is 0.0591 e. The summed E-state index contributed by atoms with van der Waals surface area (Å²) in [6, 6.07) is 35.8. The highest BCUT2D eigenvalue weighted by Crippen LogP contribution is 2.27. The quantitative estimate of drug-likeness (QED) is 0.314. The molecule has 0 saturated heterocycles. The summed E-state index contributed by atoms with van der Waals surface area (Å²) in [5.41, 5.74) is 10.7. The van der Waals surface area contributed by atoms with Crippen LogP contribution in [0.5, 0.6) is 0 Å². The Morgan fingerprint density at radius 2 is 0.800 bits per heavy atom. The maximum absolute atomic E-state index is 2.28. The van der Waals surface area contributed by atoms with Crippen LogP contribution < -0.4 is 0 Å². The van der Waals surface area contributed by atoms with Gasteiger partial charge >= 0.3 is 0 Å². The fourth-order valence-corrected chi connectivity index (χ4v) is 3.92. The predicted molar refractivity (Wildman–Crippen MR) is 129 cm³/mol. The fourth-order valence-electron chi connectivity index (χ4n) is 3.92. The third-order valence-corrected chi connectivity index (χ3v) is 6.10. The van der Waals surface area contributed by atoms with Crippen LogP contribution >= 0.6 is 0 Å². The van der Waals surface area contributed by atoms with Gasteiger partial charge in [-0.3, -0.25) is 0 Å². The molecule has 1 unspecified atom stereocenters. The molecule has 0 amide bonds. The third kappa shape index (κ3) is 4.89. The second-order valence-corrected chi connectivity index (χ2v) is 8.44. The Bertz CT molecular complexity index is 1070. The Labute approximate surface area is 181 Å². The van der Waals surface area contributed by atoms with Crippen molar-refractivity contribution >= 4 is 0 Å². The zero-order valence-electron chi connectivity index (χ0n) is 18.2. The number of aryl methyl sites for hydroxylation is 4. The van der Waals surface area contributed by atoms with Crippen molar-refractivity contribution in [2.75, 3.05) is 0 Å². The Morgan fingerprint density at radius 3 is 1.27 bits per heavy atom. The lowest BCUT2D eigenvalue weighted by Crippen LogP contribution is -1.96. The molecule has 1 atom stereocenters. The van der Waals surface area contributed by atoms with Gasteiger partial charge in [0.15, 0.2) is 0 Å². The van der Waals surface area contributed by atoms with E-state index in [2.05, 4.69) is 118 Å². The summed E-state index contributed by atoms with van der Waals surface area (Å²) in [6.07, 6.45) is 2.17. The van der Waals surface area contributed by atoms with E-state index in [-0.39, 0.29) is 0 Å². The maximum atomic E-state index is 2.28. The van der Waals surface area contributed by atoms with Crippen LogP contribution in [0.25, 0.3) is 11.1 Å². The number of hydrogen-bond donors (Lipinski definition) is 0. The van der Waals surface area contributed by atoms with Crippen molar-refractivity contribution in [2.24, 2.45) is 0 Å². The van der Waals surface area contributed by atoms with Gasteiger partial charge in [-0.05, 0) is 60.1 Å². The zero-order chi connectivity index (χ0) is 20.9. The fraction of sp³-hybridized carbons (Fsp3) is 0.200. The van der Waals surface area contributed by atoms with Gasteiger partial charge in [-0.2, -0.15) is 0 Å². The average molecular weight is 391 g/mol. The van der Waals surface area contributed by atoms with E-state index >= 15 is 0 Å². The first kappa shape index (κ1) is 20.2. The molecule has 0 saturated carbocycles. The highest BCUT2D eigenvalue weighted by molar-refractivity contribution is 5.64. The van der Waals surface area contributed by atoms with Crippen LogP contribution in [0.2, 0.25) is 0 Å². The van der Waals surface area contributed by atoms with Crippen LogP contribution in [0.1, 0.15) is 46.2 Å². The van der Waals surface area contributed by atoms with Gasteiger partial charge in [0.05, 0.1) is 0 Å². The van der Waals surface area contributed by atoms with E-state index in [9.17, 15) is 0 Å². The van der Waals surface area contributed by atoms with Crippen molar-refractivity contribution in [2.45, 2.75) is 39.5 Å². The number of benzene rings is 4. The topological polar surface area (TPSA) is 0 Å². The highest BCUT2D eigenvalue weighted by Gasteiger charge is 2.08. The Kier molecular flexibility index (Phi) is 6.14. The van der Waals surface area contributed by atoms with Gasteiger partial charge in [-0.1, -0.05) is 115 Å². The van der Waals surface area contributed by atoms with E-state index in [1.807, 2.05) is 0 Å². The molecule has 4 aromatic carbocycles. The highest BCUT2D eigenvalue weighted by atomic mass is 14.1. The molecule has 0 fully saturated rings. The zero-order valence-corrected chi connectivity index (χ0v) is 18.2. The molecule has 150 valence electrons. The lowest BCUT2D eigenvalue weighted by molar-refractivity contribution is 0.921. The van der Waals surface area contributed by atoms with Gasteiger partial charge in [0.2, 0.25) is 0 Å². The third-order valence-electron chi connectivity index (χ3n) is 6.10. The lowest BCUT2D eigenvalue weighted by Gasteiger charge is -2.14. The van der Waals surface area contributed by atoms with Crippen LogP contribution in [0.4, 0.5) is 0 Å². The molecule has 0 N–H and O–H groups in total. The van der Waals surface area contributed by atoms with Crippen molar-refractivity contribution in [3.8, 4) is 11.1 Å². The van der Waals surface area contributed by atoms with Crippen molar-refractivity contribution < 1.29 is 0 Å². The minimum Gasteiger partial charge on any atom is -0.0591 e. The van der Waals surface area contributed by atoms with Crippen LogP contribution in [-0.4, -0.2) is 0 Å². The maximum Gasteiger partial charge on any atom is 0.00610 e. The molecule has 0 heterocycles. The van der Waals surface area contributed by atoms with Gasteiger partial charge in [-0.15, -0.1) is 0 Å². The monoisotopic (exact) mass is 390 g/mol. The summed E-state index contributed by atoms with van der Waals surface area (Å²) in [5.74, 6) is 0.406. The van der Waals surface area contributed by atoms with Gasteiger partial charge in [-0.25, -0.2) is 0 Å². The van der Waals surface area contributed by atoms with E-state index in [1.165, 1.54) is 44.5 Å². The van der Waals surface area contributed by atoms with Gasteiger partial charge in [0.1, 0.15) is 0 Å². The van der Waals surface area contributed by atoms with Crippen molar-refractivity contribution in [3.63, 3.8) is 0 Å². The standard InChI is InChI=1S/C30H30/c1-22-4-8-25(9-5-22)10-11-26-12-16-29(17-13-26)30-20-18-28(19-21-30)24(3)27-14-6-23(2)7-15-27/h4-9,12-21,24H,10-11H2,1-3H3. The minimum atomic E-state index is 0.406. The number of hydrogen-bond acceptors (Lipinski definition) is 0. The SMILES string of the molecule is Cc1ccc(CCc2ccc(-c3ccc(C(C)c4ccc(C)cc4)cc3)cc2)cc1. The second-order valence-electron chi connectivity index (χ2n) is 8.44. The molecular weight excluding hydrogens is 360 g/mol. The molecule has 0 bridgehead atoms. The molecule has 4 aromatic rings. The summed E-state index contributed by atoms with van der Waals surface area (Å²) in [5, 5.41) is 0. The van der Waals surface area contributed by atoms with Gasteiger partial charge < -0.3 is 0 Å². The molecule has 0 aliphatic rings. The molecule has 0 heteroatoms. The lowest BCUT2D eigenvalue weighted by atomic mass is 9.91. The molecule has 0 nitrogen and oxygen atoms in total. The molecule has 0 spiro atoms. The molecule has 0 aliphatic heterocycles. The first-order chi connectivity index (χ1) is 14.6. The van der Waals surface area contributed by atoms with E-state index < -0.39 is 0 Å². The van der Waals surface area contributed by atoms with E-state index in [1.54, 1.807) is 0 Å².